The van der Waals surface area contributed by atoms with Crippen molar-refractivity contribution in [1.29, 1.82) is 0 Å². The Hall–Kier alpha value is 0.519. The van der Waals surface area contributed by atoms with Crippen molar-refractivity contribution in [2.75, 3.05) is 0 Å². The van der Waals surface area contributed by atoms with E-state index >= 15 is 0 Å². The second-order valence-electron chi connectivity index (χ2n) is 3.07. The van der Waals surface area contributed by atoms with Gasteiger partial charge < -0.3 is 0 Å². The van der Waals surface area contributed by atoms with Crippen molar-refractivity contribution in [3.8, 4) is 0 Å². The molecule has 0 aliphatic carbocycles. The normalized spacial score (nSPS) is 11.9. The van der Waals surface area contributed by atoms with E-state index in [-0.39, 0.29) is 0 Å². The molecule has 0 nitrogen and oxygen atoms in total. The molecule has 0 amide bonds. The molecule has 0 bridgehead atoms. The molecular formula is C12H22Se2. The summed E-state index contributed by atoms with van der Waals surface area (Å²) in [6.07, 6.45) is 14.3. The molecule has 14 heavy (non-hydrogen) atoms. The molecule has 2 heteroatoms. The van der Waals surface area contributed by atoms with Crippen molar-refractivity contribution >= 4 is 26.3 Å². The van der Waals surface area contributed by atoms with E-state index in [0.717, 1.165) is 26.3 Å². The number of allylic oxidation sites excluding steroid dienone is 4. The minimum absolute atomic E-state index is 0.977. The van der Waals surface area contributed by atoms with Crippen molar-refractivity contribution in [1.82, 2.24) is 0 Å². The van der Waals surface area contributed by atoms with Gasteiger partial charge in [-0.15, -0.1) is 0 Å². The average Bonchev–Trinajstić information content (AvgIpc) is 2.21. The predicted molar refractivity (Wildman–Crippen MR) is 69.2 cm³/mol. The van der Waals surface area contributed by atoms with Crippen LogP contribution in [-0.2, 0) is 0 Å². The van der Waals surface area contributed by atoms with Crippen LogP contribution in [0.2, 0.25) is 10.6 Å². The first kappa shape index (κ1) is 14.5. The van der Waals surface area contributed by atoms with E-state index in [1.54, 1.807) is 0 Å². The van der Waals surface area contributed by atoms with Gasteiger partial charge in [-0.05, 0) is 0 Å². The minimum atomic E-state index is 0.977. The zero-order chi connectivity index (χ0) is 10.5. The Balaban J connectivity index is 2.92. The predicted octanol–water partition coefficient (Wildman–Crippen LogP) is 3.86. The van der Waals surface area contributed by atoms with Gasteiger partial charge in [-0.2, -0.15) is 0 Å². The van der Waals surface area contributed by atoms with Crippen LogP contribution in [0.5, 0.6) is 0 Å². The Bertz CT molecular complexity index is 132. The second-order valence-corrected chi connectivity index (χ2v) is 10.9. The molecule has 0 atom stereocenters. The molecule has 0 heterocycles. The Morgan fingerprint density at radius 2 is 1.21 bits per heavy atom. The molecule has 0 spiro atoms. The molecule has 0 rings (SSSR count). The quantitative estimate of drug-likeness (QED) is 0.343. The molecule has 0 aliphatic rings. The van der Waals surface area contributed by atoms with Gasteiger partial charge in [-0.3, -0.25) is 0 Å². The van der Waals surface area contributed by atoms with Crippen LogP contribution in [0.3, 0.4) is 0 Å². The number of hydrogen-bond donors (Lipinski definition) is 0. The molecule has 0 saturated heterocycles. The second kappa shape index (κ2) is 13.5. The van der Waals surface area contributed by atoms with Crippen LogP contribution in [0.15, 0.2) is 24.3 Å². The molecule has 0 aromatic carbocycles. The standard InChI is InChI=1S/C12H22Se2/c1-3-5-7-9-11-13-14-12-10-8-6-4-2/h3-6H,7-12H2,1-2H3/b5-3+,6-4+. The van der Waals surface area contributed by atoms with E-state index in [0.29, 0.717) is 0 Å². The molecule has 0 aromatic heterocycles. The average molecular weight is 324 g/mol. The van der Waals surface area contributed by atoms with Gasteiger partial charge in [-0.25, -0.2) is 0 Å². The number of unbranched alkanes of at least 4 members (excludes halogenated alkanes) is 2. The summed E-state index contributed by atoms with van der Waals surface area (Å²) in [5.41, 5.74) is 0. The third-order valence-electron chi connectivity index (χ3n) is 1.75. The van der Waals surface area contributed by atoms with Crippen molar-refractivity contribution in [3.05, 3.63) is 24.3 Å². The summed E-state index contributed by atoms with van der Waals surface area (Å²) < 4.78 is 0. The van der Waals surface area contributed by atoms with Gasteiger partial charge in [0.15, 0.2) is 0 Å². The van der Waals surface area contributed by atoms with Crippen LogP contribution < -0.4 is 0 Å². The zero-order valence-electron chi connectivity index (χ0n) is 9.37. The summed E-state index contributed by atoms with van der Waals surface area (Å²) in [6, 6.07) is 0. The molecular weight excluding hydrogens is 302 g/mol. The Labute approximate surface area is 100 Å². The molecule has 0 aromatic rings. The van der Waals surface area contributed by atoms with Crippen LogP contribution in [0.4, 0.5) is 0 Å². The maximum atomic E-state index is 2.29. The van der Waals surface area contributed by atoms with Crippen molar-refractivity contribution in [3.63, 3.8) is 0 Å². The fourth-order valence-electron chi connectivity index (χ4n) is 0.971. The van der Waals surface area contributed by atoms with Gasteiger partial charge in [0.2, 0.25) is 0 Å². The Kier molecular flexibility index (Phi) is 14.0. The SMILES string of the molecule is C/C=C/CCC[Se][Se]CCC/C=C/C. The van der Waals surface area contributed by atoms with Crippen molar-refractivity contribution < 1.29 is 0 Å². The van der Waals surface area contributed by atoms with Crippen molar-refractivity contribution in [2.45, 2.75) is 50.2 Å². The van der Waals surface area contributed by atoms with Gasteiger partial charge in [0.25, 0.3) is 0 Å². The summed E-state index contributed by atoms with van der Waals surface area (Å²) >= 11 is 1.95. The fraction of sp³-hybridized carbons (Fsp3) is 0.667. The Morgan fingerprint density at radius 1 is 0.786 bits per heavy atom. The van der Waals surface area contributed by atoms with E-state index in [4.69, 9.17) is 0 Å². The van der Waals surface area contributed by atoms with Gasteiger partial charge in [-0.1, -0.05) is 0 Å². The van der Waals surface area contributed by atoms with Gasteiger partial charge in [0.05, 0.1) is 0 Å². The van der Waals surface area contributed by atoms with Crippen LogP contribution in [0.25, 0.3) is 0 Å². The summed E-state index contributed by atoms with van der Waals surface area (Å²) in [4.78, 5) is 0. The summed E-state index contributed by atoms with van der Waals surface area (Å²) in [6.45, 7) is 4.21. The van der Waals surface area contributed by atoms with Crippen LogP contribution in [0, 0.1) is 0 Å². The summed E-state index contributed by atoms with van der Waals surface area (Å²) in [5.74, 6) is 0. The molecule has 0 N–H and O–H groups in total. The molecule has 0 radical (unpaired) electrons. The zero-order valence-corrected chi connectivity index (χ0v) is 12.8. The van der Waals surface area contributed by atoms with E-state index < -0.39 is 0 Å². The van der Waals surface area contributed by atoms with Crippen LogP contribution >= 0.6 is 0 Å². The van der Waals surface area contributed by atoms with Gasteiger partial charge in [0, 0.05) is 0 Å². The van der Waals surface area contributed by atoms with E-state index in [9.17, 15) is 0 Å². The first-order valence-corrected chi connectivity index (χ1v) is 12.1. The molecule has 82 valence electrons. The molecule has 0 fully saturated rings. The monoisotopic (exact) mass is 326 g/mol. The van der Waals surface area contributed by atoms with Crippen molar-refractivity contribution in [2.24, 2.45) is 0 Å². The maximum absolute atomic E-state index is 2.29. The van der Waals surface area contributed by atoms with Gasteiger partial charge >= 0.3 is 101 Å². The van der Waals surface area contributed by atoms with E-state index in [1.165, 1.54) is 36.3 Å². The third kappa shape index (κ3) is 12.5. The first-order chi connectivity index (χ1) is 6.91. The number of hydrogen-bond acceptors (Lipinski definition) is 0. The summed E-state index contributed by atoms with van der Waals surface area (Å²) in [7, 11) is 0. The fourth-order valence-corrected chi connectivity index (χ4v) is 7.80. The van der Waals surface area contributed by atoms with E-state index in [2.05, 4.69) is 38.2 Å². The van der Waals surface area contributed by atoms with E-state index in [1.807, 2.05) is 0 Å². The summed E-state index contributed by atoms with van der Waals surface area (Å²) in [5, 5.41) is 3.00. The molecule has 0 saturated carbocycles. The van der Waals surface area contributed by atoms with Crippen LogP contribution in [0.1, 0.15) is 39.5 Å². The third-order valence-corrected chi connectivity index (χ3v) is 9.46. The van der Waals surface area contributed by atoms with Gasteiger partial charge in [0.1, 0.15) is 0 Å². The molecule has 0 aliphatic heterocycles. The first-order valence-electron chi connectivity index (χ1n) is 5.38. The molecule has 0 unspecified atom stereocenters. The Morgan fingerprint density at radius 3 is 1.57 bits per heavy atom. The number of rotatable bonds is 9. The topological polar surface area (TPSA) is 0 Å². The van der Waals surface area contributed by atoms with Crippen LogP contribution in [-0.4, -0.2) is 26.3 Å².